The summed E-state index contributed by atoms with van der Waals surface area (Å²) in [6.07, 6.45) is 5.57. The molecule has 0 saturated carbocycles. The largest absolute Gasteiger partial charge is 0.504 e. The Kier molecular flexibility index (Phi) is 7.20. The average molecular weight is 396 g/mol. The number of aromatic hydroxyl groups is 2. The quantitative estimate of drug-likeness (QED) is 0.518. The van der Waals surface area contributed by atoms with Crippen LogP contribution in [0.5, 0.6) is 23.0 Å². The Morgan fingerprint density at radius 1 is 0.793 bits per heavy atom. The monoisotopic (exact) mass is 396 g/mol. The molecular formula is C23H24O6. The summed E-state index contributed by atoms with van der Waals surface area (Å²) >= 11 is 0. The number of ether oxygens (including phenoxy) is 2. The fourth-order valence-corrected chi connectivity index (χ4v) is 2.92. The van der Waals surface area contributed by atoms with Gasteiger partial charge >= 0.3 is 0 Å². The van der Waals surface area contributed by atoms with E-state index in [0.717, 1.165) is 0 Å². The maximum Gasteiger partial charge on any atom is 0.163 e. The molecule has 2 N–H and O–H groups in total. The molecular weight excluding hydrogens is 372 g/mol. The molecule has 0 heterocycles. The van der Waals surface area contributed by atoms with Crippen molar-refractivity contribution in [2.24, 2.45) is 0 Å². The SMILES string of the molecule is COc1c(O)ccc(/C=C/C(=O)CC(=O)/C=C/c2ccc(O)c(OC)c2C)c1C. The van der Waals surface area contributed by atoms with E-state index in [1.54, 1.807) is 38.1 Å². The van der Waals surface area contributed by atoms with Gasteiger partial charge in [0.15, 0.2) is 34.6 Å². The van der Waals surface area contributed by atoms with Gasteiger partial charge in [0.1, 0.15) is 0 Å². The number of benzene rings is 2. The Bertz CT molecular complexity index is 906. The van der Waals surface area contributed by atoms with Crippen LogP contribution >= 0.6 is 0 Å². The summed E-state index contributed by atoms with van der Waals surface area (Å²) < 4.78 is 10.3. The van der Waals surface area contributed by atoms with Gasteiger partial charge in [0.2, 0.25) is 0 Å². The molecule has 2 aromatic rings. The summed E-state index contributed by atoms with van der Waals surface area (Å²) in [5.41, 5.74) is 2.81. The van der Waals surface area contributed by atoms with Gasteiger partial charge in [-0.3, -0.25) is 9.59 Å². The van der Waals surface area contributed by atoms with Gasteiger partial charge in [0.05, 0.1) is 20.6 Å². The van der Waals surface area contributed by atoms with Crippen LogP contribution in [-0.4, -0.2) is 36.0 Å². The molecule has 152 valence electrons. The first-order valence-electron chi connectivity index (χ1n) is 8.93. The van der Waals surface area contributed by atoms with Crippen molar-refractivity contribution >= 4 is 23.7 Å². The number of allylic oxidation sites excluding steroid dienone is 2. The molecule has 0 radical (unpaired) electrons. The zero-order valence-corrected chi connectivity index (χ0v) is 16.9. The van der Waals surface area contributed by atoms with Crippen LogP contribution in [-0.2, 0) is 9.59 Å². The van der Waals surface area contributed by atoms with Crippen LogP contribution in [0.15, 0.2) is 36.4 Å². The standard InChI is InChI=1S/C23H24O6/c1-14-16(7-11-20(26)22(14)28-3)5-9-18(24)13-19(25)10-6-17-8-12-21(27)23(29-4)15(17)2/h5-12,26-27H,13H2,1-4H3/b9-5+,10-6+. The second kappa shape index (κ2) is 9.59. The van der Waals surface area contributed by atoms with Gasteiger partial charge in [0, 0.05) is 11.1 Å². The first kappa shape index (κ1) is 21.8. The Morgan fingerprint density at radius 2 is 1.17 bits per heavy atom. The highest BCUT2D eigenvalue weighted by atomic mass is 16.5. The number of phenolic OH excluding ortho intramolecular Hbond substituents is 2. The van der Waals surface area contributed by atoms with Gasteiger partial charge in [-0.25, -0.2) is 0 Å². The minimum absolute atomic E-state index is 0.0231. The third-order valence-corrected chi connectivity index (χ3v) is 4.51. The number of carbonyl (C=O) groups excluding carboxylic acids is 2. The van der Waals surface area contributed by atoms with Crippen LogP contribution in [0, 0.1) is 13.8 Å². The van der Waals surface area contributed by atoms with Gasteiger partial charge in [-0.15, -0.1) is 0 Å². The van der Waals surface area contributed by atoms with Crippen molar-refractivity contribution in [1.82, 2.24) is 0 Å². The lowest BCUT2D eigenvalue weighted by atomic mass is 10.0. The van der Waals surface area contributed by atoms with Gasteiger partial charge in [-0.05, 0) is 49.3 Å². The molecule has 0 aromatic heterocycles. The minimum Gasteiger partial charge on any atom is -0.504 e. The van der Waals surface area contributed by atoms with Crippen molar-refractivity contribution < 1.29 is 29.3 Å². The van der Waals surface area contributed by atoms with Crippen molar-refractivity contribution in [3.63, 3.8) is 0 Å². The molecule has 6 nitrogen and oxygen atoms in total. The summed E-state index contributed by atoms with van der Waals surface area (Å²) in [6, 6.07) is 6.30. The summed E-state index contributed by atoms with van der Waals surface area (Å²) in [4.78, 5) is 24.2. The maximum absolute atomic E-state index is 12.1. The van der Waals surface area contributed by atoms with E-state index >= 15 is 0 Å². The van der Waals surface area contributed by atoms with Crippen molar-refractivity contribution in [2.45, 2.75) is 20.3 Å². The number of hydrogen-bond donors (Lipinski definition) is 2. The Labute approximate surface area is 169 Å². The van der Waals surface area contributed by atoms with Crippen molar-refractivity contribution in [3.8, 4) is 23.0 Å². The van der Waals surface area contributed by atoms with E-state index in [0.29, 0.717) is 33.8 Å². The molecule has 0 atom stereocenters. The van der Waals surface area contributed by atoms with E-state index in [1.807, 2.05) is 0 Å². The average Bonchev–Trinajstić information content (AvgIpc) is 2.67. The molecule has 2 rings (SSSR count). The predicted octanol–water partition coefficient (Wildman–Crippen LogP) is 3.99. The number of phenols is 2. The van der Waals surface area contributed by atoms with E-state index in [2.05, 4.69) is 0 Å². The van der Waals surface area contributed by atoms with Gasteiger partial charge in [-0.1, -0.05) is 24.3 Å². The molecule has 0 bridgehead atoms. The molecule has 0 aliphatic rings. The van der Waals surface area contributed by atoms with Crippen LogP contribution in [0.1, 0.15) is 28.7 Å². The van der Waals surface area contributed by atoms with E-state index in [-0.39, 0.29) is 29.5 Å². The number of ketones is 2. The van der Waals surface area contributed by atoms with Crippen molar-refractivity contribution in [2.75, 3.05) is 14.2 Å². The molecule has 0 unspecified atom stereocenters. The molecule has 0 spiro atoms. The second-order valence-corrected chi connectivity index (χ2v) is 6.44. The zero-order valence-electron chi connectivity index (χ0n) is 16.9. The first-order chi connectivity index (χ1) is 13.8. The topological polar surface area (TPSA) is 93.1 Å². The molecule has 0 saturated heterocycles. The lowest BCUT2D eigenvalue weighted by Crippen LogP contribution is -2.02. The molecule has 0 amide bonds. The number of rotatable bonds is 8. The lowest BCUT2D eigenvalue weighted by Gasteiger charge is -2.09. The highest BCUT2D eigenvalue weighted by Gasteiger charge is 2.10. The van der Waals surface area contributed by atoms with Crippen LogP contribution in [0.3, 0.4) is 0 Å². The Hall–Kier alpha value is -3.54. The van der Waals surface area contributed by atoms with Crippen LogP contribution < -0.4 is 9.47 Å². The van der Waals surface area contributed by atoms with Gasteiger partial charge in [-0.2, -0.15) is 0 Å². The van der Waals surface area contributed by atoms with Crippen LogP contribution in [0.25, 0.3) is 12.2 Å². The minimum atomic E-state index is -0.342. The predicted molar refractivity (Wildman–Crippen MR) is 111 cm³/mol. The number of methoxy groups -OCH3 is 2. The summed E-state index contributed by atoms with van der Waals surface area (Å²) in [5, 5.41) is 19.5. The van der Waals surface area contributed by atoms with Crippen LogP contribution in [0.2, 0.25) is 0 Å². The third kappa shape index (κ3) is 5.25. The number of carbonyl (C=O) groups is 2. The molecule has 2 aromatic carbocycles. The smallest absolute Gasteiger partial charge is 0.163 e. The van der Waals surface area contributed by atoms with E-state index in [4.69, 9.17) is 9.47 Å². The molecule has 6 heteroatoms. The molecule has 0 fully saturated rings. The van der Waals surface area contributed by atoms with E-state index in [1.165, 1.54) is 38.5 Å². The first-order valence-corrected chi connectivity index (χ1v) is 8.93. The van der Waals surface area contributed by atoms with Gasteiger partial charge in [0.25, 0.3) is 0 Å². The maximum atomic E-state index is 12.1. The van der Waals surface area contributed by atoms with Crippen molar-refractivity contribution in [3.05, 3.63) is 58.7 Å². The molecule has 29 heavy (non-hydrogen) atoms. The number of hydrogen-bond acceptors (Lipinski definition) is 6. The Balaban J connectivity index is 2.06. The lowest BCUT2D eigenvalue weighted by molar-refractivity contribution is -0.121. The van der Waals surface area contributed by atoms with Crippen LogP contribution in [0.4, 0.5) is 0 Å². The highest BCUT2D eigenvalue weighted by Crippen LogP contribution is 2.33. The summed E-state index contributed by atoms with van der Waals surface area (Å²) in [6.45, 7) is 3.54. The second-order valence-electron chi connectivity index (χ2n) is 6.44. The van der Waals surface area contributed by atoms with Crippen molar-refractivity contribution in [1.29, 1.82) is 0 Å². The summed E-state index contributed by atoms with van der Waals surface area (Å²) in [7, 11) is 2.91. The molecule has 0 aliphatic carbocycles. The van der Waals surface area contributed by atoms with E-state index < -0.39 is 0 Å². The van der Waals surface area contributed by atoms with Gasteiger partial charge < -0.3 is 19.7 Å². The highest BCUT2D eigenvalue weighted by molar-refractivity contribution is 6.11. The normalized spacial score (nSPS) is 11.2. The Morgan fingerprint density at radius 3 is 1.52 bits per heavy atom. The molecule has 0 aliphatic heterocycles. The fourth-order valence-electron chi connectivity index (χ4n) is 2.92. The van der Waals surface area contributed by atoms with E-state index in [9.17, 15) is 19.8 Å². The zero-order chi connectivity index (χ0) is 21.6. The summed E-state index contributed by atoms with van der Waals surface area (Å²) in [5.74, 6) is 0.0544. The third-order valence-electron chi connectivity index (χ3n) is 4.51. The fraction of sp³-hybridized carbons (Fsp3) is 0.217.